The minimum absolute atomic E-state index is 0.00483. The second-order valence-corrected chi connectivity index (χ2v) is 19.1. The third-order valence-corrected chi connectivity index (χ3v) is 13.1. The number of amides is 4. The lowest BCUT2D eigenvalue weighted by atomic mass is 10.0. The molecule has 4 heterocycles. The van der Waals surface area contributed by atoms with Crippen LogP contribution in [0.5, 0.6) is 5.75 Å². The summed E-state index contributed by atoms with van der Waals surface area (Å²) in [5.74, 6) is 5.12. The number of halogens is 6. The van der Waals surface area contributed by atoms with E-state index in [1.165, 1.54) is 6.07 Å². The van der Waals surface area contributed by atoms with Crippen LogP contribution in [-0.4, -0.2) is 101 Å². The molecule has 1 fully saturated rings. The minimum atomic E-state index is -4.66. The van der Waals surface area contributed by atoms with Crippen LogP contribution in [0.4, 0.5) is 24.5 Å². The van der Waals surface area contributed by atoms with Crippen LogP contribution in [0.25, 0.3) is 17.3 Å². The fraction of sp³-hybridized carbons (Fsp3) is 0.240. The van der Waals surface area contributed by atoms with Gasteiger partial charge < -0.3 is 30.3 Å². The molecule has 2 aromatic heterocycles. The summed E-state index contributed by atoms with van der Waals surface area (Å²) in [7, 11) is 0. The highest BCUT2D eigenvalue weighted by atomic mass is 127. The van der Waals surface area contributed by atoms with Crippen LogP contribution in [0.15, 0.2) is 100 Å². The molecule has 70 heavy (non-hydrogen) atoms. The second-order valence-electron chi connectivity index (χ2n) is 16.2. The maximum absolute atomic E-state index is 14.1. The highest BCUT2D eigenvalue weighted by Crippen LogP contribution is 2.39. The van der Waals surface area contributed by atoms with Crippen molar-refractivity contribution in [3.8, 4) is 17.6 Å². The van der Waals surface area contributed by atoms with Crippen LogP contribution >= 0.6 is 54.5 Å². The number of aryl methyl sites for hydroxylation is 1. The van der Waals surface area contributed by atoms with Gasteiger partial charge in [-0.25, -0.2) is 9.50 Å². The van der Waals surface area contributed by atoms with Gasteiger partial charge in [-0.3, -0.25) is 24.1 Å². The van der Waals surface area contributed by atoms with E-state index in [9.17, 15) is 32.3 Å². The van der Waals surface area contributed by atoms with Crippen molar-refractivity contribution in [3.05, 3.63) is 148 Å². The van der Waals surface area contributed by atoms with Gasteiger partial charge in [0.25, 0.3) is 17.7 Å². The lowest BCUT2D eigenvalue weighted by Crippen LogP contribution is -2.49. The standard InChI is InChI=1S/C50H42Br2F3IN8O6/c1-2-33-5-6-35(22-34(33)4-3-30-25-58-44-9-10-59-64(44)27-30)48(67)60-38-18-32(17-36(23-38)50(53,54)55)26-62-12-14-63(15-13-62)46(66)29-69-16-11-57-45(65)28-70-47-41(51)20-31(21-42(47)52)19-40-39-24-37(56)7-8-43(39)61-49(40)68/h5-10,17-25,27H,2,11-16,26,28-29H2,1H3,(H,57,65)(H,60,67)(H,61,68)/b40-19-. The molecule has 2 aliphatic rings. The normalized spacial score (nSPS) is 14.2. The van der Waals surface area contributed by atoms with Crippen LogP contribution in [0.1, 0.15) is 56.2 Å². The van der Waals surface area contributed by atoms with Crippen LogP contribution in [0.3, 0.4) is 0 Å². The van der Waals surface area contributed by atoms with E-state index in [-0.39, 0.29) is 56.0 Å². The van der Waals surface area contributed by atoms with Crippen LogP contribution in [-0.2, 0) is 38.3 Å². The number of carbonyl (C=O) groups is 4. The fourth-order valence-corrected chi connectivity index (χ4v) is 9.71. The molecule has 14 nitrogen and oxygen atoms in total. The van der Waals surface area contributed by atoms with Crippen LogP contribution in [0, 0.1) is 15.4 Å². The third kappa shape index (κ3) is 12.6. The molecule has 2 aliphatic heterocycles. The van der Waals surface area contributed by atoms with Crippen molar-refractivity contribution in [3.63, 3.8) is 0 Å². The zero-order chi connectivity index (χ0) is 49.5. The van der Waals surface area contributed by atoms with Crippen molar-refractivity contribution >= 4 is 107 Å². The molecule has 4 aromatic carbocycles. The molecule has 360 valence electrons. The Morgan fingerprint density at radius 1 is 0.957 bits per heavy atom. The number of fused-ring (bicyclic) bond motifs is 2. The number of anilines is 2. The molecule has 0 saturated carbocycles. The van der Waals surface area contributed by atoms with Gasteiger partial charge in [0.05, 0.1) is 32.9 Å². The molecule has 4 amide bonds. The van der Waals surface area contributed by atoms with E-state index in [1.807, 2.05) is 30.0 Å². The number of nitrogens with zero attached hydrogens (tertiary/aromatic N) is 5. The number of alkyl halides is 3. The lowest BCUT2D eigenvalue weighted by Gasteiger charge is -2.34. The number of carbonyl (C=O) groups excluding carboxylic acids is 4. The molecule has 1 saturated heterocycles. The van der Waals surface area contributed by atoms with E-state index in [1.54, 1.807) is 70.5 Å². The number of benzene rings is 4. The number of piperazine rings is 1. The molecule has 20 heteroatoms. The average molecular weight is 1190 g/mol. The number of ether oxygens (including phenoxy) is 2. The first kappa shape index (κ1) is 50.3. The van der Waals surface area contributed by atoms with Crippen LogP contribution in [0.2, 0.25) is 0 Å². The maximum Gasteiger partial charge on any atom is 0.416 e. The fourth-order valence-electron chi connectivity index (χ4n) is 7.77. The molecule has 0 unspecified atom stereocenters. The Hall–Kier alpha value is -6.12. The Labute approximate surface area is 430 Å². The third-order valence-electron chi connectivity index (χ3n) is 11.3. The molecule has 0 radical (unpaired) electrons. The summed E-state index contributed by atoms with van der Waals surface area (Å²) in [5, 5.41) is 12.4. The van der Waals surface area contributed by atoms with Gasteiger partial charge in [0.2, 0.25) is 5.91 Å². The Bertz CT molecular complexity index is 3090. The van der Waals surface area contributed by atoms with E-state index in [0.717, 1.165) is 38.1 Å². The molecule has 0 bridgehead atoms. The number of aromatic nitrogens is 3. The van der Waals surface area contributed by atoms with Gasteiger partial charge in [-0.1, -0.05) is 24.8 Å². The van der Waals surface area contributed by atoms with Crippen molar-refractivity contribution in [2.75, 3.05) is 63.2 Å². The Kier molecular flexibility index (Phi) is 16.0. The van der Waals surface area contributed by atoms with E-state index in [4.69, 9.17) is 9.47 Å². The molecule has 0 spiro atoms. The second kappa shape index (κ2) is 22.3. The summed E-state index contributed by atoms with van der Waals surface area (Å²) < 4.78 is 57.5. The highest BCUT2D eigenvalue weighted by molar-refractivity contribution is 14.1. The van der Waals surface area contributed by atoms with Gasteiger partial charge in [0.1, 0.15) is 12.4 Å². The highest BCUT2D eigenvalue weighted by Gasteiger charge is 2.32. The van der Waals surface area contributed by atoms with Crippen molar-refractivity contribution in [2.45, 2.75) is 26.1 Å². The smallest absolute Gasteiger partial charge is 0.416 e. The predicted molar refractivity (Wildman–Crippen MR) is 273 cm³/mol. The molecule has 6 aromatic rings. The van der Waals surface area contributed by atoms with E-state index < -0.39 is 23.6 Å². The Morgan fingerprint density at radius 2 is 1.74 bits per heavy atom. The quantitative estimate of drug-likeness (QED) is 0.0421. The zero-order valence-corrected chi connectivity index (χ0v) is 42.6. The molecule has 0 aliphatic carbocycles. The van der Waals surface area contributed by atoms with E-state index >= 15 is 0 Å². The summed E-state index contributed by atoms with van der Waals surface area (Å²) in [6.07, 6.45) is 2.76. The van der Waals surface area contributed by atoms with Gasteiger partial charge in [-0.15, -0.1) is 0 Å². The van der Waals surface area contributed by atoms with Crippen molar-refractivity contribution in [1.29, 1.82) is 0 Å². The molecular weight excluding hydrogens is 1150 g/mol. The van der Waals surface area contributed by atoms with Gasteiger partial charge in [-0.05, 0) is 144 Å². The Morgan fingerprint density at radius 3 is 2.50 bits per heavy atom. The molecule has 3 N–H and O–H groups in total. The summed E-state index contributed by atoms with van der Waals surface area (Å²) >= 11 is 9.21. The number of nitrogens with one attached hydrogen (secondary N) is 3. The molecule has 0 atom stereocenters. The van der Waals surface area contributed by atoms with Crippen molar-refractivity contribution < 1.29 is 41.8 Å². The number of rotatable bonds is 14. The summed E-state index contributed by atoms with van der Waals surface area (Å²) in [6.45, 7) is 3.27. The minimum Gasteiger partial charge on any atom is -0.481 e. The van der Waals surface area contributed by atoms with E-state index in [0.29, 0.717) is 75.2 Å². The summed E-state index contributed by atoms with van der Waals surface area (Å²) in [4.78, 5) is 59.6. The van der Waals surface area contributed by atoms with Crippen molar-refractivity contribution in [1.82, 2.24) is 29.7 Å². The summed E-state index contributed by atoms with van der Waals surface area (Å²) in [5.41, 5.74) is 5.30. The predicted octanol–water partition coefficient (Wildman–Crippen LogP) is 8.44. The first-order valence-corrected chi connectivity index (χ1v) is 24.5. The van der Waals surface area contributed by atoms with Gasteiger partial charge in [0, 0.05) is 94.9 Å². The first-order valence-electron chi connectivity index (χ1n) is 21.9. The molecular formula is C50H42Br2F3IN8O6. The lowest BCUT2D eigenvalue weighted by molar-refractivity contribution is -0.138. The van der Waals surface area contributed by atoms with Gasteiger partial charge >= 0.3 is 6.18 Å². The SMILES string of the molecule is CCc1ccc(C(=O)Nc2cc(CN3CCN(C(=O)COCCNC(=O)COc4c(Br)cc(/C=C5\C(=O)Nc6ccc(I)cc65)cc4Br)CC3)cc(C(F)(F)F)c2)cc1C#Cc1cnc2ccnn2c1. The van der Waals surface area contributed by atoms with Crippen LogP contribution < -0.4 is 20.7 Å². The van der Waals surface area contributed by atoms with Gasteiger partial charge in [0.15, 0.2) is 12.3 Å². The monoisotopic (exact) mass is 1190 g/mol. The Balaban J connectivity index is 0.778. The largest absolute Gasteiger partial charge is 0.481 e. The summed E-state index contributed by atoms with van der Waals surface area (Å²) in [6, 6.07) is 19.6. The van der Waals surface area contributed by atoms with E-state index in [2.05, 4.69) is 92.3 Å². The first-order chi connectivity index (χ1) is 33.6. The number of hydrogen-bond donors (Lipinski definition) is 3. The average Bonchev–Trinajstić information content (AvgIpc) is 3.92. The zero-order valence-electron chi connectivity index (χ0n) is 37.3. The van der Waals surface area contributed by atoms with Gasteiger partial charge in [-0.2, -0.15) is 18.3 Å². The number of hydrogen-bond acceptors (Lipinski definition) is 9. The topological polar surface area (TPSA) is 160 Å². The molecule has 8 rings (SSSR count). The maximum atomic E-state index is 14.1. The van der Waals surface area contributed by atoms with Crippen molar-refractivity contribution in [2.24, 2.45) is 0 Å².